The van der Waals surface area contributed by atoms with Crippen LogP contribution in [0.5, 0.6) is 0 Å². The second-order valence-corrected chi connectivity index (χ2v) is 7.97. The van der Waals surface area contributed by atoms with Crippen LogP contribution in [0.1, 0.15) is 23.3 Å². The van der Waals surface area contributed by atoms with Crippen LogP contribution in [0.2, 0.25) is 0 Å². The summed E-state index contributed by atoms with van der Waals surface area (Å²) in [6.45, 7) is 2.33. The van der Waals surface area contributed by atoms with Gasteiger partial charge in [-0.2, -0.15) is 4.31 Å². The fraction of sp³-hybridized carbons (Fsp3) is 0.636. The van der Waals surface area contributed by atoms with Gasteiger partial charge in [0.05, 0.1) is 6.61 Å². The topological polar surface area (TPSA) is 57.6 Å². The number of aliphatic hydroxyl groups is 1. The number of rotatable bonds is 5. The Bertz CT molecular complexity index is 503. The summed E-state index contributed by atoms with van der Waals surface area (Å²) in [5.41, 5.74) is 0.843. The number of aryl methyl sites for hydroxylation is 1. The van der Waals surface area contributed by atoms with E-state index in [1.54, 1.807) is 13.1 Å². The Morgan fingerprint density at radius 1 is 1.53 bits per heavy atom. The minimum Gasteiger partial charge on any atom is -0.391 e. The highest BCUT2D eigenvalue weighted by molar-refractivity contribution is 7.91. The number of aliphatic hydroxyl groups excluding tert-OH is 1. The Labute approximate surface area is 106 Å². The molecule has 1 aromatic rings. The molecule has 0 bridgehead atoms. The zero-order valence-electron chi connectivity index (χ0n) is 10.0. The number of sulfonamides is 1. The SMILES string of the molecule is Cc1cc(S(=O)(=O)N(C)CC2CC2)sc1CO. The van der Waals surface area contributed by atoms with Crippen molar-refractivity contribution in [2.45, 2.75) is 30.6 Å². The maximum absolute atomic E-state index is 12.2. The van der Waals surface area contributed by atoms with E-state index in [9.17, 15) is 8.42 Å². The van der Waals surface area contributed by atoms with Crippen molar-refractivity contribution in [3.8, 4) is 0 Å². The molecule has 0 unspecified atom stereocenters. The minimum absolute atomic E-state index is 0.0988. The summed E-state index contributed by atoms with van der Waals surface area (Å²) in [5.74, 6) is 0.535. The third kappa shape index (κ3) is 2.70. The quantitative estimate of drug-likeness (QED) is 0.887. The van der Waals surface area contributed by atoms with E-state index in [0.29, 0.717) is 16.7 Å². The Morgan fingerprint density at radius 3 is 2.65 bits per heavy atom. The monoisotopic (exact) mass is 275 g/mol. The van der Waals surface area contributed by atoms with Gasteiger partial charge < -0.3 is 5.11 Å². The number of nitrogens with zero attached hydrogens (tertiary/aromatic N) is 1. The van der Waals surface area contributed by atoms with E-state index in [1.165, 1.54) is 4.31 Å². The van der Waals surface area contributed by atoms with Crippen LogP contribution in [0.3, 0.4) is 0 Å². The van der Waals surface area contributed by atoms with Crippen molar-refractivity contribution in [3.63, 3.8) is 0 Å². The highest BCUT2D eigenvalue weighted by atomic mass is 32.2. The lowest BCUT2D eigenvalue weighted by atomic mass is 10.3. The van der Waals surface area contributed by atoms with Gasteiger partial charge in [-0.1, -0.05) is 0 Å². The van der Waals surface area contributed by atoms with E-state index in [2.05, 4.69) is 0 Å². The molecule has 1 aromatic heterocycles. The van der Waals surface area contributed by atoms with Gasteiger partial charge in [-0.3, -0.25) is 0 Å². The lowest BCUT2D eigenvalue weighted by Crippen LogP contribution is -2.28. The molecule has 17 heavy (non-hydrogen) atoms. The molecule has 1 aliphatic rings. The molecule has 1 saturated carbocycles. The van der Waals surface area contributed by atoms with E-state index >= 15 is 0 Å². The summed E-state index contributed by atoms with van der Waals surface area (Å²) >= 11 is 1.16. The van der Waals surface area contributed by atoms with Crippen LogP contribution in [-0.2, 0) is 16.6 Å². The molecule has 1 fully saturated rings. The molecule has 6 heteroatoms. The van der Waals surface area contributed by atoms with Crippen molar-refractivity contribution in [1.29, 1.82) is 0 Å². The molecule has 0 aromatic carbocycles. The molecule has 0 saturated heterocycles. The standard InChI is InChI=1S/C11H17NO3S2/c1-8-5-11(16-10(8)7-13)17(14,15)12(2)6-9-3-4-9/h5,9,13H,3-4,6-7H2,1-2H3. The summed E-state index contributed by atoms with van der Waals surface area (Å²) in [7, 11) is -1.74. The van der Waals surface area contributed by atoms with Crippen molar-refractivity contribution in [2.24, 2.45) is 5.92 Å². The van der Waals surface area contributed by atoms with Crippen molar-refractivity contribution < 1.29 is 13.5 Å². The number of hydrogen-bond donors (Lipinski definition) is 1. The molecular weight excluding hydrogens is 258 g/mol. The lowest BCUT2D eigenvalue weighted by Gasteiger charge is -2.15. The van der Waals surface area contributed by atoms with Gasteiger partial charge in [-0.15, -0.1) is 11.3 Å². The molecule has 0 aliphatic heterocycles. The second-order valence-electron chi connectivity index (χ2n) is 4.56. The van der Waals surface area contributed by atoms with Crippen LogP contribution < -0.4 is 0 Å². The maximum Gasteiger partial charge on any atom is 0.252 e. The normalized spacial score (nSPS) is 16.7. The molecule has 96 valence electrons. The summed E-state index contributed by atoms with van der Waals surface area (Å²) in [6.07, 6.45) is 2.26. The van der Waals surface area contributed by atoms with Gasteiger partial charge >= 0.3 is 0 Å². The first kappa shape index (κ1) is 13.0. The number of thiophene rings is 1. The molecule has 4 nitrogen and oxygen atoms in total. The zero-order chi connectivity index (χ0) is 12.6. The van der Waals surface area contributed by atoms with Gasteiger partial charge in [-0.05, 0) is 37.3 Å². The van der Waals surface area contributed by atoms with Gasteiger partial charge in [0.1, 0.15) is 4.21 Å². The highest BCUT2D eigenvalue weighted by Gasteiger charge is 2.30. The number of hydrogen-bond acceptors (Lipinski definition) is 4. The van der Waals surface area contributed by atoms with Crippen LogP contribution in [0.4, 0.5) is 0 Å². The van der Waals surface area contributed by atoms with Crippen LogP contribution in [0, 0.1) is 12.8 Å². The van der Waals surface area contributed by atoms with E-state index in [-0.39, 0.29) is 6.61 Å². The van der Waals surface area contributed by atoms with Gasteiger partial charge in [-0.25, -0.2) is 8.42 Å². The second kappa shape index (κ2) is 4.68. The first-order chi connectivity index (χ1) is 7.95. The maximum atomic E-state index is 12.2. The van der Waals surface area contributed by atoms with E-state index in [0.717, 1.165) is 34.6 Å². The van der Waals surface area contributed by atoms with Gasteiger partial charge in [0.15, 0.2) is 0 Å². The van der Waals surface area contributed by atoms with Crippen molar-refractivity contribution in [1.82, 2.24) is 4.31 Å². The summed E-state index contributed by atoms with van der Waals surface area (Å²) in [4.78, 5) is 0.725. The van der Waals surface area contributed by atoms with Crippen LogP contribution in [0.25, 0.3) is 0 Å². The van der Waals surface area contributed by atoms with Crippen molar-refractivity contribution in [3.05, 3.63) is 16.5 Å². The molecular formula is C11H17NO3S2. The van der Waals surface area contributed by atoms with Gasteiger partial charge in [0.2, 0.25) is 0 Å². The molecule has 0 amide bonds. The summed E-state index contributed by atoms with van der Waals surface area (Å²) in [5, 5.41) is 9.09. The average Bonchev–Trinajstić information content (AvgIpc) is 2.99. The van der Waals surface area contributed by atoms with Crippen LogP contribution >= 0.6 is 11.3 Å². The lowest BCUT2D eigenvalue weighted by molar-refractivity contribution is 0.285. The Kier molecular flexibility index (Phi) is 3.58. The highest BCUT2D eigenvalue weighted by Crippen LogP contribution is 2.33. The molecule has 0 spiro atoms. The van der Waals surface area contributed by atoms with E-state index in [1.807, 2.05) is 6.92 Å². The minimum atomic E-state index is -3.37. The average molecular weight is 275 g/mol. The van der Waals surface area contributed by atoms with Crippen molar-refractivity contribution >= 4 is 21.4 Å². The van der Waals surface area contributed by atoms with Gasteiger partial charge in [0, 0.05) is 18.5 Å². The largest absolute Gasteiger partial charge is 0.391 e. The van der Waals surface area contributed by atoms with Gasteiger partial charge in [0.25, 0.3) is 10.0 Å². The molecule has 2 rings (SSSR count). The zero-order valence-corrected chi connectivity index (χ0v) is 11.6. The summed E-state index contributed by atoms with van der Waals surface area (Å²) in [6, 6.07) is 1.65. The van der Waals surface area contributed by atoms with Crippen LogP contribution in [-0.4, -0.2) is 31.4 Å². The third-order valence-electron chi connectivity index (χ3n) is 3.02. The predicted molar refractivity (Wildman–Crippen MR) is 67.5 cm³/mol. The summed E-state index contributed by atoms with van der Waals surface area (Å²) < 4.78 is 26.2. The first-order valence-electron chi connectivity index (χ1n) is 5.61. The molecule has 1 aliphatic carbocycles. The molecule has 0 atom stereocenters. The molecule has 1 N–H and O–H groups in total. The fourth-order valence-corrected chi connectivity index (χ4v) is 4.60. The van der Waals surface area contributed by atoms with Crippen molar-refractivity contribution in [2.75, 3.05) is 13.6 Å². The van der Waals surface area contributed by atoms with E-state index < -0.39 is 10.0 Å². The molecule has 0 radical (unpaired) electrons. The van der Waals surface area contributed by atoms with Crippen LogP contribution in [0.15, 0.2) is 10.3 Å². The fourth-order valence-electron chi connectivity index (χ4n) is 1.69. The Morgan fingerprint density at radius 2 is 2.18 bits per heavy atom. The van der Waals surface area contributed by atoms with E-state index in [4.69, 9.17) is 5.11 Å². The molecule has 1 heterocycles. The first-order valence-corrected chi connectivity index (χ1v) is 7.87. The Hall–Kier alpha value is -0.430. The Balaban J connectivity index is 2.23. The third-order valence-corrected chi connectivity index (χ3v) is 6.51. The predicted octanol–water partition coefficient (Wildman–Crippen LogP) is 1.58. The smallest absolute Gasteiger partial charge is 0.252 e.